The van der Waals surface area contributed by atoms with Crippen LogP contribution in [0.3, 0.4) is 0 Å². The van der Waals surface area contributed by atoms with Crippen molar-refractivity contribution in [1.82, 2.24) is 4.98 Å². The zero-order valence-electron chi connectivity index (χ0n) is 15.4. The van der Waals surface area contributed by atoms with E-state index in [2.05, 4.69) is 29.2 Å². The number of hydrogen-bond donors (Lipinski definition) is 1. The predicted octanol–water partition coefficient (Wildman–Crippen LogP) is 4.54. The Labute approximate surface area is 166 Å². The number of fused-ring (bicyclic) bond motifs is 3. The smallest absolute Gasteiger partial charge is 0.415 e. The molecular weight excluding hydrogens is 376 g/mol. The molecule has 28 heavy (non-hydrogen) atoms. The third-order valence-electron chi connectivity index (χ3n) is 4.88. The van der Waals surface area contributed by atoms with Crippen molar-refractivity contribution in [2.45, 2.75) is 12.8 Å². The highest BCUT2D eigenvalue weighted by atomic mass is 32.1. The van der Waals surface area contributed by atoms with Gasteiger partial charge in [0.05, 0.1) is 5.69 Å². The number of rotatable bonds is 4. The van der Waals surface area contributed by atoms with Gasteiger partial charge in [0.15, 0.2) is 5.13 Å². The summed E-state index contributed by atoms with van der Waals surface area (Å²) in [6.07, 6.45) is -0.562. The number of nitrogens with zero attached hydrogens (tertiary/aromatic N) is 2. The van der Waals surface area contributed by atoms with Gasteiger partial charge in [-0.15, -0.1) is 0 Å². The normalized spacial score (nSPS) is 12.4. The molecule has 2 aromatic carbocycles. The zero-order chi connectivity index (χ0) is 19.8. The van der Waals surface area contributed by atoms with Gasteiger partial charge < -0.3 is 9.84 Å². The number of amides is 1. The second-order valence-corrected chi connectivity index (χ2v) is 7.56. The first-order chi connectivity index (χ1) is 13.5. The summed E-state index contributed by atoms with van der Waals surface area (Å²) >= 11 is 0.954. The highest BCUT2D eigenvalue weighted by molar-refractivity contribution is 7.17. The van der Waals surface area contributed by atoms with E-state index in [4.69, 9.17) is 9.84 Å². The number of carboxylic acid groups (broad SMARTS) is 1. The first-order valence-corrected chi connectivity index (χ1v) is 9.58. The van der Waals surface area contributed by atoms with Crippen molar-refractivity contribution in [1.29, 1.82) is 0 Å². The minimum atomic E-state index is -1.05. The molecule has 0 radical (unpaired) electrons. The number of aromatic nitrogens is 1. The molecule has 0 spiro atoms. The lowest BCUT2D eigenvalue weighted by Crippen LogP contribution is -2.28. The summed E-state index contributed by atoms with van der Waals surface area (Å²) in [5, 5.41) is 9.47. The third-order valence-corrected chi connectivity index (χ3v) is 6.10. The van der Waals surface area contributed by atoms with Gasteiger partial charge in [-0.2, -0.15) is 0 Å². The van der Waals surface area contributed by atoms with Gasteiger partial charge in [0, 0.05) is 13.0 Å². The molecule has 1 aliphatic rings. The first kappa shape index (κ1) is 18.2. The Balaban J connectivity index is 1.52. The fourth-order valence-corrected chi connectivity index (χ4v) is 4.35. The number of thiazole rings is 1. The second kappa shape index (κ2) is 7.09. The van der Waals surface area contributed by atoms with E-state index in [1.807, 2.05) is 24.3 Å². The van der Waals surface area contributed by atoms with Crippen LogP contribution >= 0.6 is 11.3 Å². The molecule has 1 amide bonds. The Morgan fingerprint density at radius 1 is 1.11 bits per heavy atom. The maximum Gasteiger partial charge on any atom is 0.415 e. The maximum atomic E-state index is 12.5. The highest BCUT2D eigenvalue weighted by Gasteiger charge is 2.30. The summed E-state index contributed by atoms with van der Waals surface area (Å²) in [5.74, 6) is -1.08. The van der Waals surface area contributed by atoms with Crippen LogP contribution in [0.4, 0.5) is 9.93 Å². The average molecular weight is 394 g/mol. The highest BCUT2D eigenvalue weighted by Crippen LogP contribution is 2.44. The number of aryl methyl sites for hydroxylation is 1. The quantitative estimate of drug-likeness (QED) is 0.703. The molecule has 0 atom stereocenters. The molecule has 1 heterocycles. The first-order valence-electron chi connectivity index (χ1n) is 8.76. The minimum Gasteiger partial charge on any atom is -0.477 e. The molecule has 1 aliphatic carbocycles. The zero-order valence-corrected chi connectivity index (χ0v) is 16.2. The summed E-state index contributed by atoms with van der Waals surface area (Å²) in [7, 11) is 1.53. The van der Waals surface area contributed by atoms with Crippen LogP contribution in [0.5, 0.6) is 0 Å². The topological polar surface area (TPSA) is 79.7 Å². The Morgan fingerprint density at radius 2 is 1.68 bits per heavy atom. The number of hydrogen-bond acceptors (Lipinski definition) is 5. The molecule has 3 aromatic rings. The number of carbonyl (C=O) groups excluding carboxylic acids is 1. The number of carbonyl (C=O) groups is 2. The number of carboxylic acids is 1. The Kier molecular flexibility index (Phi) is 4.60. The standard InChI is InChI=1S/C21H18N2O4S/c1-12-18(19(24)25)28-20(22-12)23(2)21(26)27-11-17-15-9-5-3-7-13(15)14-8-4-6-10-16(14)17/h3-10,17H,11H2,1-2H3,(H,24,25). The van der Waals surface area contributed by atoms with Gasteiger partial charge in [-0.3, -0.25) is 4.90 Å². The molecule has 0 saturated heterocycles. The molecule has 0 aliphatic heterocycles. The fourth-order valence-electron chi connectivity index (χ4n) is 3.49. The summed E-state index contributed by atoms with van der Waals surface area (Å²) in [6.45, 7) is 1.81. The average Bonchev–Trinajstić information content (AvgIpc) is 3.24. The van der Waals surface area contributed by atoms with Crippen molar-refractivity contribution in [2.75, 3.05) is 18.6 Å². The Hall–Kier alpha value is -3.19. The molecule has 142 valence electrons. The molecule has 0 saturated carbocycles. The minimum absolute atomic E-state index is 0.0302. The van der Waals surface area contributed by atoms with E-state index in [0.717, 1.165) is 33.6 Å². The van der Waals surface area contributed by atoms with Crippen LogP contribution in [0.25, 0.3) is 11.1 Å². The number of aromatic carboxylic acids is 1. The Morgan fingerprint density at radius 3 is 2.21 bits per heavy atom. The molecule has 0 unspecified atom stereocenters. The number of anilines is 1. The maximum absolute atomic E-state index is 12.5. The lowest BCUT2D eigenvalue weighted by atomic mass is 9.98. The van der Waals surface area contributed by atoms with Gasteiger partial charge in [0.25, 0.3) is 0 Å². The van der Waals surface area contributed by atoms with Crippen LogP contribution in [0, 0.1) is 6.92 Å². The SMILES string of the molecule is Cc1nc(N(C)C(=O)OCC2c3ccccc3-c3ccccc32)sc1C(=O)O. The monoisotopic (exact) mass is 394 g/mol. The lowest BCUT2D eigenvalue weighted by Gasteiger charge is -2.18. The van der Waals surface area contributed by atoms with E-state index in [1.54, 1.807) is 6.92 Å². The molecular formula is C21H18N2O4S. The van der Waals surface area contributed by atoms with E-state index < -0.39 is 12.1 Å². The van der Waals surface area contributed by atoms with Gasteiger partial charge >= 0.3 is 12.1 Å². The fraction of sp³-hybridized carbons (Fsp3) is 0.190. The Bertz CT molecular complexity index is 1030. The van der Waals surface area contributed by atoms with Crippen LogP contribution in [0.2, 0.25) is 0 Å². The molecule has 1 aromatic heterocycles. The van der Waals surface area contributed by atoms with Crippen LogP contribution in [-0.2, 0) is 4.74 Å². The van der Waals surface area contributed by atoms with Crippen LogP contribution in [-0.4, -0.2) is 35.8 Å². The van der Waals surface area contributed by atoms with E-state index in [0.29, 0.717) is 10.8 Å². The predicted molar refractivity (Wildman–Crippen MR) is 107 cm³/mol. The van der Waals surface area contributed by atoms with E-state index >= 15 is 0 Å². The van der Waals surface area contributed by atoms with Crippen molar-refractivity contribution in [2.24, 2.45) is 0 Å². The van der Waals surface area contributed by atoms with Gasteiger partial charge in [-0.05, 0) is 29.2 Å². The summed E-state index contributed by atoms with van der Waals surface area (Å²) in [5.41, 5.74) is 4.98. The lowest BCUT2D eigenvalue weighted by molar-refractivity contribution is 0.0701. The van der Waals surface area contributed by atoms with Gasteiger partial charge in [-0.1, -0.05) is 59.9 Å². The van der Waals surface area contributed by atoms with Gasteiger partial charge in [0.2, 0.25) is 0 Å². The largest absolute Gasteiger partial charge is 0.477 e. The molecule has 6 nitrogen and oxygen atoms in total. The second-order valence-electron chi connectivity index (χ2n) is 6.58. The van der Waals surface area contributed by atoms with E-state index in [1.165, 1.54) is 11.9 Å². The van der Waals surface area contributed by atoms with E-state index in [-0.39, 0.29) is 17.4 Å². The molecule has 7 heteroatoms. The number of ether oxygens (including phenoxy) is 1. The molecule has 1 N–H and O–H groups in total. The van der Waals surface area contributed by atoms with Crippen LogP contribution < -0.4 is 4.90 Å². The summed E-state index contributed by atoms with van der Waals surface area (Å²) in [4.78, 5) is 29.3. The van der Waals surface area contributed by atoms with Gasteiger partial charge in [-0.25, -0.2) is 14.6 Å². The summed E-state index contributed by atoms with van der Waals surface area (Å²) in [6, 6.07) is 16.2. The molecule has 4 rings (SSSR count). The molecule has 0 bridgehead atoms. The van der Waals surface area contributed by atoms with Crippen LogP contribution in [0.1, 0.15) is 32.4 Å². The van der Waals surface area contributed by atoms with Crippen LogP contribution in [0.15, 0.2) is 48.5 Å². The van der Waals surface area contributed by atoms with Crippen molar-refractivity contribution < 1.29 is 19.4 Å². The van der Waals surface area contributed by atoms with Crippen molar-refractivity contribution in [3.8, 4) is 11.1 Å². The molecule has 0 fully saturated rings. The van der Waals surface area contributed by atoms with Gasteiger partial charge in [0.1, 0.15) is 11.5 Å². The van der Waals surface area contributed by atoms with Crippen molar-refractivity contribution in [3.63, 3.8) is 0 Å². The van der Waals surface area contributed by atoms with Crippen molar-refractivity contribution >= 4 is 28.5 Å². The third kappa shape index (κ3) is 3.03. The summed E-state index contributed by atoms with van der Waals surface area (Å²) < 4.78 is 5.57. The van der Waals surface area contributed by atoms with Crippen molar-refractivity contribution in [3.05, 3.63) is 70.2 Å². The van der Waals surface area contributed by atoms with E-state index in [9.17, 15) is 9.59 Å². The number of benzene rings is 2.